The van der Waals surface area contributed by atoms with Crippen LogP contribution in [0.15, 0.2) is 126 Å². The smallest absolute Gasteiger partial charge is 0.346 e. The van der Waals surface area contributed by atoms with Crippen molar-refractivity contribution in [3.05, 3.63) is 136 Å². The molecule has 0 amide bonds. The molecular formula is C50H32N4O8S2. The average molecular weight is 881 g/mol. The lowest BCUT2D eigenvalue weighted by Gasteiger charge is -2.26. The number of benzene rings is 5. The molecule has 2 aliphatic rings. The molecule has 0 atom stereocenters. The van der Waals surface area contributed by atoms with Gasteiger partial charge in [-0.05, 0) is 82.9 Å². The van der Waals surface area contributed by atoms with Crippen molar-refractivity contribution in [1.82, 2.24) is 4.98 Å². The van der Waals surface area contributed by atoms with Gasteiger partial charge in [-0.15, -0.1) is 22.7 Å². The maximum Gasteiger partial charge on any atom is 0.346 e. The highest BCUT2D eigenvalue weighted by Crippen LogP contribution is 2.52. The number of carbonyl (C=O) groups is 2. The molecule has 12 nitrogen and oxygen atoms in total. The number of ether oxygens (including phenoxy) is 4. The number of aromatic nitrogens is 1. The van der Waals surface area contributed by atoms with E-state index in [1.165, 1.54) is 40.2 Å². The molecule has 0 unspecified atom stereocenters. The molecule has 0 radical (unpaired) electrons. The Morgan fingerprint density at radius 3 is 1.44 bits per heavy atom. The average Bonchev–Trinajstić information content (AvgIpc) is 4.02. The lowest BCUT2D eigenvalue weighted by atomic mass is 10.0. The molecule has 312 valence electrons. The zero-order chi connectivity index (χ0) is 43.9. The molecule has 3 N–H and O–H groups in total. The molecule has 0 spiro atoms. The van der Waals surface area contributed by atoms with Crippen molar-refractivity contribution in [2.75, 3.05) is 31.3 Å². The summed E-state index contributed by atoms with van der Waals surface area (Å²) in [5, 5.41) is 40.3. The Morgan fingerprint density at radius 2 is 0.969 bits per heavy atom. The fourth-order valence-electron chi connectivity index (χ4n) is 7.87. The Morgan fingerprint density at radius 1 is 0.547 bits per heavy atom. The summed E-state index contributed by atoms with van der Waals surface area (Å²) in [6.07, 6.45) is 2.63. The summed E-state index contributed by atoms with van der Waals surface area (Å²) in [5.74, 6) is -0.826. The van der Waals surface area contributed by atoms with Crippen LogP contribution in [0.1, 0.15) is 9.75 Å². The number of nitrogens with one attached hydrogen (secondary N) is 1. The van der Waals surface area contributed by atoms with E-state index in [9.17, 15) is 30.3 Å². The highest BCUT2D eigenvalue weighted by molar-refractivity contribution is 7.17. The SMILES string of the molecule is N#C/C(=C/c1sc(-c2ccc(N(c3ccc(-c4ccc5c(c4)[nH]c4ccccc45)cc3)c3ccc(-c4sc(/C=C(/C#N)C(=O)O)c5c4OCCO5)cc3)cc2)c2c1OCCO2)C(=O)O. The molecule has 10 rings (SSSR count). The number of aromatic amines is 1. The van der Waals surface area contributed by atoms with Crippen LogP contribution in [0.4, 0.5) is 17.1 Å². The van der Waals surface area contributed by atoms with Crippen LogP contribution in [-0.2, 0) is 9.59 Å². The standard InChI is InChI=1S/C50H32N4O8S2/c51-26-32(49(55)56)24-41-43-45(61-21-19-59-43)47(63-41)29-7-14-35(15-8-29)54(34-12-5-28(6-13-34)31-11-18-38-37-3-1-2-4-39(37)53-40(38)23-31)36-16-9-30(10-17-36)48-46-44(60-20-22-62-46)42(64-48)25-33(27-52)50(57)58/h1-18,23-25,53H,19-22H2,(H,55,56)(H,57,58)/b32-24-,33-25-. The number of fused-ring (bicyclic) bond motifs is 5. The highest BCUT2D eigenvalue weighted by atomic mass is 32.1. The van der Waals surface area contributed by atoms with Crippen LogP contribution >= 0.6 is 22.7 Å². The molecule has 5 aromatic carbocycles. The maximum atomic E-state index is 11.7. The van der Waals surface area contributed by atoms with Crippen LogP contribution in [0.3, 0.4) is 0 Å². The second-order valence-corrected chi connectivity index (χ2v) is 16.8. The summed E-state index contributed by atoms with van der Waals surface area (Å²) in [5.41, 5.74) is 7.67. The molecule has 0 bridgehead atoms. The van der Waals surface area contributed by atoms with Gasteiger partial charge in [-0.2, -0.15) is 10.5 Å². The van der Waals surface area contributed by atoms with E-state index in [4.69, 9.17) is 18.9 Å². The number of carboxylic acids is 2. The van der Waals surface area contributed by atoms with E-state index in [2.05, 4.69) is 64.5 Å². The van der Waals surface area contributed by atoms with Crippen LogP contribution in [-0.4, -0.2) is 53.6 Å². The third-order valence-corrected chi connectivity index (χ3v) is 13.1. The van der Waals surface area contributed by atoms with Crippen molar-refractivity contribution in [3.8, 4) is 67.1 Å². The molecule has 5 heterocycles. The number of thiophene rings is 2. The zero-order valence-corrected chi connectivity index (χ0v) is 35.1. The Balaban J connectivity index is 1.03. The van der Waals surface area contributed by atoms with Gasteiger partial charge in [0, 0.05) is 38.9 Å². The van der Waals surface area contributed by atoms with Crippen LogP contribution in [0.5, 0.6) is 23.0 Å². The fourth-order valence-corrected chi connectivity index (χ4v) is 10.1. The minimum Gasteiger partial charge on any atom is -0.485 e. The Hall–Kier alpha value is -8.30. The molecule has 0 saturated carbocycles. The number of nitrogens with zero attached hydrogens (tertiary/aromatic N) is 3. The summed E-state index contributed by atoms with van der Waals surface area (Å²) in [6.45, 7) is 1.24. The zero-order valence-electron chi connectivity index (χ0n) is 33.5. The van der Waals surface area contributed by atoms with E-state index >= 15 is 0 Å². The number of anilines is 3. The van der Waals surface area contributed by atoms with E-state index in [0.717, 1.165) is 65.5 Å². The number of carboxylic acid groups (broad SMARTS) is 2. The van der Waals surface area contributed by atoms with Crippen molar-refractivity contribution < 1.29 is 38.7 Å². The summed E-state index contributed by atoms with van der Waals surface area (Å²) in [4.78, 5) is 31.5. The number of nitriles is 2. The van der Waals surface area contributed by atoms with Crippen molar-refractivity contribution >= 4 is 85.6 Å². The first-order chi connectivity index (χ1) is 31.3. The molecule has 14 heteroatoms. The lowest BCUT2D eigenvalue weighted by molar-refractivity contribution is -0.133. The second kappa shape index (κ2) is 16.5. The van der Waals surface area contributed by atoms with E-state index in [-0.39, 0.29) is 0 Å². The van der Waals surface area contributed by atoms with Gasteiger partial charge < -0.3 is 39.0 Å². The minimum atomic E-state index is -1.33. The Bertz CT molecular complexity index is 3170. The van der Waals surface area contributed by atoms with Gasteiger partial charge in [0.15, 0.2) is 23.0 Å². The molecule has 2 aliphatic heterocycles. The van der Waals surface area contributed by atoms with Gasteiger partial charge in [-0.3, -0.25) is 0 Å². The van der Waals surface area contributed by atoms with Crippen LogP contribution in [0.25, 0.3) is 66.0 Å². The maximum absolute atomic E-state index is 11.7. The summed E-state index contributed by atoms with van der Waals surface area (Å²) in [7, 11) is 0. The van der Waals surface area contributed by atoms with Crippen LogP contribution in [0, 0.1) is 22.7 Å². The number of para-hydroxylation sites is 1. The normalized spacial score (nSPS) is 13.3. The third-order valence-electron chi connectivity index (χ3n) is 10.8. The largest absolute Gasteiger partial charge is 0.485 e. The summed E-state index contributed by atoms with van der Waals surface area (Å²) >= 11 is 2.58. The van der Waals surface area contributed by atoms with E-state index < -0.39 is 23.1 Å². The summed E-state index contributed by atoms with van der Waals surface area (Å²) in [6, 6.07) is 42.4. The van der Waals surface area contributed by atoms with Crippen molar-refractivity contribution in [2.24, 2.45) is 0 Å². The topological polar surface area (TPSA) is 178 Å². The molecule has 3 aromatic heterocycles. The van der Waals surface area contributed by atoms with Gasteiger partial charge in [0.25, 0.3) is 0 Å². The first kappa shape index (κ1) is 39.8. The first-order valence-electron chi connectivity index (χ1n) is 19.9. The predicted octanol–water partition coefficient (Wildman–Crippen LogP) is 11.4. The Kier molecular flexibility index (Phi) is 10.3. The molecule has 0 saturated heterocycles. The number of hydrogen-bond acceptors (Lipinski definition) is 11. The molecule has 64 heavy (non-hydrogen) atoms. The van der Waals surface area contributed by atoms with Crippen molar-refractivity contribution in [1.29, 1.82) is 10.5 Å². The molecule has 8 aromatic rings. The van der Waals surface area contributed by atoms with E-state index in [1.54, 1.807) is 12.1 Å². The number of aliphatic carboxylic acids is 2. The fraction of sp³-hybridized carbons (Fsp3) is 0.0800. The predicted molar refractivity (Wildman–Crippen MR) is 247 cm³/mol. The van der Waals surface area contributed by atoms with Crippen molar-refractivity contribution in [2.45, 2.75) is 0 Å². The Labute approximate surface area is 372 Å². The summed E-state index contributed by atoms with van der Waals surface area (Å²) < 4.78 is 23.9. The third kappa shape index (κ3) is 7.22. The van der Waals surface area contributed by atoms with Gasteiger partial charge in [0.05, 0.1) is 19.5 Å². The number of hydrogen-bond donors (Lipinski definition) is 3. The number of H-pyrrole nitrogens is 1. The van der Waals surface area contributed by atoms with Gasteiger partial charge >= 0.3 is 11.9 Å². The van der Waals surface area contributed by atoms with Crippen LogP contribution in [0.2, 0.25) is 0 Å². The monoisotopic (exact) mass is 880 g/mol. The quantitative estimate of drug-likeness (QED) is 0.0879. The van der Waals surface area contributed by atoms with Gasteiger partial charge in [-0.25, -0.2) is 9.59 Å². The highest BCUT2D eigenvalue weighted by Gasteiger charge is 2.28. The molecule has 0 fully saturated rings. The minimum absolute atomic E-state index is 0.295. The van der Waals surface area contributed by atoms with E-state index in [0.29, 0.717) is 59.2 Å². The lowest BCUT2D eigenvalue weighted by Crippen LogP contribution is -2.15. The van der Waals surface area contributed by atoms with Gasteiger partial charge in [-0.1, -0.05) is 66.7 Å². The number of rotatable bonds is 10. The van der Waals surface area contributed by atoms with E-state index in [1.807, 2.05) is 60.7 Å². The molecule has 0 aliphatic carbocycles. The second-order valence-electron chi connectivity index (χ2n) is 14.7. The van der Waals surface area contributed by atoms with Crippen LogP contribution < -0.4 is 23.8 Å². The van der Waals surface area contributed by atoms with Gasteiger partial charge in [0.2, 0.25) is 0 Å². The first-order valence-corrected chi connectivity index (χ1v) is 21.6. The van der Waals surface area contributed by atoms with Gasteiger partial charge in [0.1, 0.15) is 49.7 Å². The van der Waals surface area contributed by atoms with Crippen molar-refractivity contribution in [3.63, 3.8) is 0 Å². The molecular weight excluding hydrogens is 849 g/mol.